The maximum Gasteiger partial charge on any atom is 0.264 e. The van der Waals surface area contributed by atoms with Crippen molar-refractivity contribution in [2.75, 3.05) is 10.1 Å². The zero-order valence-corrected chi connectivity index (χ0v) is 16.9. The van der Waals surface area contributed by atoms with Crippen molar-refractivity contribution in [1.82, 2.24) is 9.97 Å². The molecule has 2 N–H and O–H groups in total. The highest BCUT2D eigenvalue weighted by Gasteiger charge is 2.16. The highest BCUT2D eigenvalue weighted by atomic mass is 32.2. The summed E-state index contributed by atoms with van der Waals surface area (Å²) in [4.78, 5) is 8.63. The third-order valence-corrected chi connectivity index (χ3v) is 5.24. The van der Waals surface area contributed by atoms with Crippen LogP contribution in [0.2, 0.25) is 0 Å². The molecule has 0 amide bonds. The molecule has 3 rings (SSSR count). The third-order valence-electron chi connectivity index (χ3n) is 3.90. The minimum absolute atomic E-state index is 0.0137. The number of nitrogens with one attached hydrogen (secondary N) is 2. The number of aryl methyl sites for hydroxylation is 3. The second-order valence-corrected chi connectivity index (χ2v) is 8.11. The Labute approximate surface area is 168 Å². The lowest BCUT2D eigenvalue weighted by Crippen LogP contribution is -2.15. The molecule has 0 atom stereocenters. The van der Waals surface area contributed by atoms with Gasteiger partial charge in [0.15, 0.2) is 5.69 Å². The summed E-state index contributed by atoms with van der Waals surface area (Å²) < 4.78 is 27.4. The van der Waals surface area contributed by atoms with Crippen molar-refractivity contribution in [3.63, 3.8) is 0 Å². The van der Waals surface area contributed by atoms with Crippen LogP contribution in [0.25, 0.3) is 0 Å². The van der Waals surface area contributed by atoms with Crippen LogP contribution < -0.4 is 10.1 Å². The summed E-state index contributed by atoms with van der Waals surface area (Å²) in [5, 5.41) is 15.7. The molecule has 0 aliphatic heterocycles. The van der Waals surface area contributed by atoms with Crippen molar-refractivity contribution in [3.05, 3.63) is 76.8 Å². The van der Waals surface area contributed by atoms with Crippen LogP contribution in [0.15, 0.2) is 64.7 Å². The molecule has 0 fully saturated rings. The van der Waals surface area contributed by atoms with Gasteiger partial charge < -0.3 is 5.21 Å². The van der Waals surface area contributed by atoms with Crippen molar-refractivity contribution >= 4 is 27.3 Å². The highest BCUT2D eigenvalue weighted by Crippen LogP contribution is 2.18. The molecule has 9 nitrogen and oxygen atoms in total. The Morgan fingerprint density at radius 3 is 2.10 bits per heavy atom. The van der Waals surface area contributed by atoms with Gasteiger partial charge in [-0.3, -0.25) is 0 Å². The molecule has 10 heteroatoms. The molecule has 2 aromatic carbocycles. The second kappa shape index (κ2) is 8.23. The van der Waals surface area contributed by atoms with Gasteiger partial charge in [-0.05, 0) is 63.2 Å². The molecular weight excluding hydrogens is 392 g/mol. The summed E-state index contributed by atoms with van der Waals surface area (Å²) in [6.07, 6.45) is 0. The van der Waals surface area contributed by atoms with Gasteiger partial charge in [0, 0.05) is 11.4 Å². The molecule has 29 heavy (non-hydrogen) atoms. The van der Waals surface area contributed by atoms with Crippen LogP contribution in [-0.4, -0.2) is 23.2 Å². The Bertz CT molecular complexity index is 1120. The lowest BCUT2D eigenvalue weighted by atomic mass is 10.2. The van der Waals surface area contributed by atoms with E-state index in [2.05, 4.69) is 25.3 Å². The van der Waals surface area contributed by atoms with E-state index in [4.69, 9.17) is 0 Å². The maximum atomic E-state index is 12.5. The van der Waals surface area contributed by atoms with Gasteiger partial charge >= 0.3 is 0 Å². The summed E-state index contributed by atoms with van der Waals surface area (Å²) in [6.45, 7) is 5.43. The van der Waals surface area contributed by atoms with Gasteiger partial charge in [-0.2, -0.15) is 0 Å². The van der Waals surface area contributed by atoms with Crippen molar-refractivity contribution in [2.24, 2.45) is 5.22 Å². The lowest BCUT2D eigenvalue weighted by molar-refractivity contribution is -0.439. The average Bonchev–Trinajstić information content (AvgIpc) is 2.66. The van der Waals surface area contributed by atoms with E-state index in [0.29, 0.717) is 27.6 Å². The van der Waals surface area contributed by atoms with Crippen molar-refractivity contribution in [1.29, 1.82) is 0 Å². The van der Waals surface area contributed by atoms with Gasteiger partial charge in [-0.15, -0.1) is 10.3 Å². The summed E-state index contributed by atoms with van der Waals surface area (Å²) >= 11 is 0. The zero-order valence-electron chi connectivity index (χ0n) is 16.1. The number of nitrogens with zero attached hydrogens (tertiary/aromatic N) is 4. The molecule has 0 aliphatic carbocycles. The fourth-order valence-corrected chi connectivity index (χ4v) is 3.44. The molecule has 3 aromatic rings. The predicted molar refractivity (Wildman–Crippen MR) is 109 cm³/mol. The fourth-order valence-electron chi connectivity index (χ4n) is 2.49. The van der Waals surface area contributed by atoms with E-state index in [1.807, 2.05) is 19.1 Å². The minimum atomic E-state index is -3.85. The Morgan fingerprint density at radius 1 is 0.931 bits per heavy atom. The van der Waals surface area contributed by atoms with Crippen molar-refractivity contribution in [3.8, 4) is 0 Å². The molecule has 1 aromatic heterocycles. The van der Waals surface area contributed by atoms with Crippen molar-refractivity contribution < 1.29 is 13.3 Å². The average molecular weight is 412 g/mol. The summed E-state index contributed by atoms with van der Waals surface area (Å²) in [6, 6.07) is 14.5. The molecule has 0 bridgehead atoms. The molecule has 0 saturated heterocycles. The molecule has 0 aliphatic rings. The van der Waals surface area contributed by atoms with E-state index in [9.17, 15) is 13.6 Å². The Kier molecular flexibility index (Phi) is 5.74. The number of hydrogen-bond acceptors (Lipinski definition) is 6. The van der Waals surface area contributed by atoms with Crippen LogP contribution in [0.5, 0.6) is 0 Å². The molecule has 0 unspecified atom stereocenters. The van der Waals surface area contributed by atoms with E-state index < -0.39 is 10.0 Å². The standard InChI is InChI=1S/C19H20N6O3S/c1-13-4-8-17(9-5-13)25(26)24-22-16-6-10-18(11-7-16)29(27,28)23-19-20-14(2)12-15(3)21-19/h4-12,22H,1-3H3,(H,20,21,23)/b25-24-. The number of rotatable bonds is 6. The van der Waals surface area contributed by atoms with Crippen LogP contribution in [0, 0.1) is 26.0 Å². The second-order valence-electron chi connectivity index (χ2n) is 6.42. The first-order valence-electron chi connectivity index (χ1n) is 8.69. The Morgan fingerprint density at radius 2 is 1.52 bits per heavy atom. The van der Waals surface area contributed by atoms with Gasteiger partial charge in [0.2, 0.25) is 5.95 Å². The number of sulfonamides is 1. The summed E-state index contributed by atoms with van der Waals surface area (Å²) in [5.74, 6) is 0.0137. The van der Waals surface area contributed by atoms with Gasteiger partial charge in [0.1, 0.15) is 5.69 Å². The highest BCUT2D eigenvalue weighted by molar-refractivity contribution is 7.92. The van der Waals surface area contributed by atoms with Crippen LogP contribution >= 0.6 is 0 Å². The van der Waals surface area contributed by atoms with E-state index >= 15 is 0 Å². The lowest BCUT2D eigenvalue weighted by Gasteiger charge is -2.08. The number of hydrogen-bond donors (Lipinski definition) is 2. The van der Waals surface area contributed by atoms with Crippen LogP contribution in [0.4, 0.5) is 17.3 Å². The van der Waals surface area contributed by atoms with E-state index in [-0.39, 0.29) is 10.8 Å². The molecule has 1 heterocycles. The molecule has 0 radical (unpaired) electrons. The number of aromatic nitrogens is 2. The number of benzene rings is 2. The van der Waals surface area contributed by atoms with E-state index in [0.717, 1.165) is 5.56 Å². The first-order chi connectivity index (χ1) is 13.7. The third kappa shape index (κ3) is 5.26. The monoisotopic (exact) mass is 412 g/mol. The smallest absolute Gasteiger partial charge is 0.264 e. The minimum Gasteiger partial charge on any atom is -0.691 e. The molecule has 150 valence electrons. The van der Waals surface area contributed by atoms with Crippen LogP contribution in [0.1, 0.15) is 17.0 Å². The van der Waals surface area contributed by atoms with E-state index in [1.165, 1.54) is 24.3 Å². The SMILES string of the molecule is Cc1ccc(/[N+]([O-])=N/Nc2ccc(S(=O)(=O)Nc3nc(C)cc(C)n3)cc2)cc1. The maximum absolute atomic E-state index is 12.5. The summed E-state index contributed by atoms with van der Waals surface area (Å²) in [7, 11) is -3.85. The van der Waals surface area contributed by atoms with E-state index in [1.54, 1.807) is 32.0 Å². The Balaban J connectivity index is 1.71. The topological polar surface area (TPSA) is 122 Å². The van der Waals surface area contributed by atoms with Gasteiger partial charge in [0.05, 0.1) is 10.1 Å². The fraction of sp³-hybridized carbons (Fsp3) is 0.158. The summed E-state index contributed by atoms with van der Waals surface area (Å²) in [5.41, 5.74) is 5.78. The van der Waals surface area contributed by atoms with Gasteiger partial charge in [-0.25, -0.2) is 23.1 Å². The normalized spacial score (nSPS) is 11.9. The van der Waals surface area contributed by atoms with Gasteiger partial charge in [0.25, 0.3) is 10.0 Å². The zero-order chi connectivity index (χ0) is 21.0. The Hall–Kier alpha value is -3.53. The largest absolute Gasteiger partial charge is 0.691 e. The number of anilines is 2. The van der Waals surface area contributed by atoms with Crippen LogP contribution in [0.3, 0.4) is 0 Å². The quantitative estimate of drug-likeness (QED) is 0.360. The molecule has 0 spiro atoms. The van der Waals surface area contributed by atoms with Crippen LogP contribution in [-0.2, 0) is 10.0 Å². The molecular formula is C19H20N6O3S. The van der Waals surface area contributed by atoms with Crippen molar-refractivity contribution in [2.45, 2.75) is 25.7 Å². The first kappa shape index (κ1) is 20.2. The first-order valence-corrected chi connectivity index (χ1v) is 10.2. The van der Waals surface area contributed by atoms with Gasteiger partial charge in [-0.1, -0.05) is 17.7 Å². The predicted octanol–water partition coefficient (Wildman–Crippen LogP) is 3.82. The molecule has 0 saturated carbocycles.